The average Bonchev–Trinajstić information content (AvgIpc) is 3.32. The van der Waals surface area contributed by atoms with E-state index in [1.807, 2.05) is 0 Å². The van der Waals surface area contributed by atoms with Crippen molar-refractivity contribution in [2.45, 2.75) is 25.8 Å². The molecule has 1 aliphatic heterocycles. The van der Waals surface area contributed by atoms with Crippen molar-refractivity contribution >= 4 is 29.3 Å². The third kappa shape index (κ3) is 3.62. The van der Waals surface area contributed by atoms with Gasteiger partial charge in [0.15, 0.2) is 0 Å². The Kier molecular flexibility index (Phi) is 4.38. The Morgan fingerprint density at radius 2 is 1.91 bits per heavy atom. The summed E-state index contributed by atoms with van der Waals surface area (Å²) in [6, 6.07) is 7.26. The second-order valence-corrected chi connectivity index (χ2v) is 6.47. The number of amides is 2. The van der Waals surface area contributed by atoms with Crippen molar-refractivity contribution in [1.82, 2.24) is 5.32 Å². The van der Waals surface area contributed by atoms with E-state index in [0.29, 0.717) is 34.6 Å². The molecule has 1 aromatic rings. The lowest BCUT2D eigenvalue weighted by atomic mass is 10.2. The number of carbonyl (C=O) groups excluding carboxylic acids is 2. The molecule has 2 N–H and O–H groups in total. The van der Waals surface area contributed by atoms with Gasteiger partial charge in [0.05, 0.1) is 6.61 Å². The van der Waals surface area contributed by atoms with Gasteiger partial charge in [-0.3, -0.25) is 9.59 Å². The van der Waals surface area contributed by atoms with Gasteiger partial charge in [-0.05, 0) is 44.0 Å². The van der Waals surface area contributed by atoms with E-state index in [0.717, 1.165) is 18.6 Å². The molecule has 2 aliphatic rings. The average molecular weight is 318 g/mol. The Morgan fingerprint density at radius 1 is 1.18 bits per heavy atom. The van der Waals surface area contributed by atoms with E-state index in [4.69, 9.17) is 4.74 Å². The van der Waals surface area contributed by atoms with E-state index in [-0.39, 0.29) is 11.8 Å². The van der Waals surface area contributed by atoms with Crippen molar-refractivity contribution in [3.63, 3.8) is 0 Å². The number of anilines is 1. The van der Waals surface area contributed by atoms with Crippen LogP contribution in [0.3, 0.4) is 0 Å². The summed E-state index contributed by atoms with van der Waals surface area (Å²) >= 11 is 1.50. The van der Waals surface area contributed by atoms with Crippen molar-refractivity contribution in [3.8, 4) is 0 Å². The highest BCUT2D eigenvalue weighted by atomic mass is 32.2. The zero-order valence-electron chi connectivity index (χ0n) is 12.3. The Hall–Kier alpha value is -1.95. The molecule has 1 fully saturated rings. The van der Waals surface area contributed by atoms with Gasteiger partial charge in [-0.2, -0.15) is 0 Å². The quantitative estimate of drug-likeness (QED) is 0.895. The first kappa shape index (κ1) is 15.0. The molecule has 116 valence electrons. The summed E-state index contributed by atoms with van der Waals surface area (Å²) in [6.07, 6.45) is 2.13. The second kappa shape index (κ2) is 6.44. The van der Waals surface area contributed by atoms with E-state index in [1.54, 1.807) is 31.2 Å². The van der Waals surface area contributed by atoms with Crippen molar-refractivity contribution in [3.05, 3.63) is 40.5 Å². The van der Waals surface area contributed by atoms with Crippen molar-refractivity contribution in [2.24, 2.45) is 0 Å². The normalized spacial score (nSPS) is 17.7. The van der Waals surface area contributed by atoms with Gasteiger partial charge in [0.25, 0.3) is 11.8 Å². The number of rotatable bonds is 4. The summed E-state index contributed by atoms with van der Waals surface area (Å²) < 4.78 is 5.39. The summed E-state index contributed by atoms with van der Waals surface area (Å²) in [5, 5.41) is 5.77. The molecule has 0 radical (unpaired) electrons. The molecule has 2 amide bonds. The lowest BCUT2D eigenvalue weighted by Gasteiger charge is -2.17. The number of carbonyl (C=O) groups is 2. The summed E-state index contributed by atoms with van der Waals surface area (Å²) in [6.45, 7) is 2.43. The number of ether oxygens (including phenoxy) is 1. The molecule has 0 unspecified atom stereocenters. The summed E-state index contributed by atoms with van der Waals surface area (Å²) in [5.41, 5.74) is 1.27. The van der Waals surface area contributed by atoms with Crippen LogP contribution >= 0.6 is 11.8 Å². The van der Waals surface area contributed by atoms with Gasteiger partial charge in [-0.15, -0.1) is 11.8 Å². The highest BCUT2D eigenvalue weighted by molar-refractivity contribution is 8.04. The first-order valence-electron chi connectivity index (χ1n) is 7.32. The molecule has 6 heteroatoms. The standard InChI is InChI=1S/C16H18N2O3S/c1-10-14(22-9-8-21-10)16(20)18-12-4-2-11(3-5-12)15(19)17-13-6-7-13/h2-5,13H,6-9H2,1H3,(H,17,19)(H,18,20). The summed E-state index contributed by atoms with van der Waals surface area (Å²) in [4.78, 5) is 24.7. The van der Waals surface area contributed by atoms with Gasteiger partial charge in [-0.25, -0.2) is 0 Å². The summed E-state index contributed by atoms with van der Waals surface area (Å²) in [5.74, 6) is 1.21. The molecular weight excluding hydrogens is 300 g/mol. The molecule has 0 aromatic heterocycles. The minimum absolute atomic E-state index is 0.0600. The molecule has 0 spiro atoms. The van der Waals surface area contributed by atoms with Crippen molar-refractivity contribution in [2.75, 3.05) is 17.7 Å². The highest BCUT2D eigenvalue weighted by Crippen LogP contribution is 2.26. The molecule has 1 aliphatic carbocycles. The molecule has 0 saturated heterocycles. The van der Waals surface area contributed by atoms with Gasteiger partial charge in [0.2, 0.25) is 0 Å². The lowest BCUT2D eigenvalue weighted by molar-refractivity contribution is -0.112. The van der Waals surface area contributed by atoms with Crippen molar-refractivity contribution < 1.29 is 14.3 Å². The maximum absolute atomic E-state index is 12.2. The van der Waals surface area contributed by atoms with Crippen LogP contribution < -0.4 is 10.6 Å². The van der Waals surface area contributed by atoms with E-state index >= 15 is 0 Å². The van der Waals surface area contributed by atoms with E-state index in [2.05, 4.69) is 10.6 Å². The predicted molar refractivity (Wildman–Crippen MR) is 86.7 cm³/mol. The maximum atomic E-state index is 12.2. The predicted octanol–water partition coefficient (Wildman–Crippen LogP) is 2.51. The zero-order valence-corrected chi connectivity index (χ0v) is 13.2. The number of allylic oxidation sites excluding steroid dienone is 1. The molecule has 22 heavy (non-hydrogen) atoms. The number of thioether (sulfide) groups is 1. The monoisotopic (exact) mass is 318 g/mol. The van der Waals surface area contributed by atoms with Crippen LogP contribution in [0, 0.1) is 0 Å². The SMILES string of the molecule is CC1=C(C(=O)Nc2ccc(C(=O)NC3CC3)cc2)SCCO1. The molecule has 1 aromatic carbocycles. The van der Waals surface area contributed by atoms with Crippen LogP contribution in [0.5, 0.6) is 0 Å². The largest absolute Gasteiger partial charge is 0.496 e. The molecule has 0 bridgehead atoms. The topological polar surface area (TPSA) is 67.4 Å². The Bertz CT molecular complexity index is 621. The van der Waals surface area contributed by atoms with E-state index in [9.17, 15) is 9.59 Å². The maximum Gasteiger partial charge on any atom is 0.265 e. The number of nitrogens with one attached hydrogen (secondary N) is 2. The van der Waals surface area contributed by atoms with Gasteiger partial charge >= 0.3 is 0 Å². The van der Waals surface area contributed by atoms with Crippen LogP contribution in [0.1, 0.15) is 30.1 Å². The van der Waals surface area contributed by atoms with E-state index < -0.39 is 0 Å². The van der Waals surface area contributed by atoms with Crippen LogP contribution in [-0.4, -0.2) is 30.2 Å². The number of hydrogen-bond acceptors (Lipinski definition) is 4. The second-order valence-electron chi connectivity index (χ2n) is 5.36. The van der Waals surface area contributed by atoms with Crippen LogP contribution in [-0.2, 0) is 9.53 Å². The van der Waals surface area contributed by atoms with Crippen LogP contribution in [0.15, 0.2) is 34.9 Å². The molecule has 1 heterocycles. The van der Waals surface area contributed by atoms with Gasteiger partial charge < -0.3 is 15.4 Å². The van der Waals surface area contributed by atoms with Crippen LogP contribution in [0.25, 0.3) is 0 Å². The fourth-order valence-electron chi connectivity index (χ4n) is 2.12. The van der Waals surface area contributed by atoms with Gasteiger partial charge in [0, 0.05) is 23.0 Å². The minimum atomic E-state index is -0.169. The van der Waals surface area contributed by atoms with Gasteiger partial charge in [-0.1, -0.05) is 0 Å². The molecular formula is C16H18N2O3S. The van der Waals surface area contributed by atoms with Gasteiger partial charge in [0.1, 0.15) is 10.7 Å². The smallest absolute Gasteiger partial charge is 0.265 e. The first-order valence-corrected chi connectivity index (χ1v) is 8.31. The minimum Gasteiger partial charge on any atom is -0.496 e. The molecule has 0 atom stereocenters. The van der Waals surface area contributed by atoms with Crippen LogP contribution in [0.4, 0.5) is 5.69 Å². The molecule has 1 saturated carbocycles. The zero-order chi connectivity index (χ0) is 15.5. The van der Waals surface area contributed by atoms with E-state index in [1.165, 1.54) is 11.8 Å². The highest BCUT2D eigenvalue weighted by Gasteiger charge is 2.24. The lowest BCUT2D eigenvalue weighted by Crippen LogP contribution is -2.25. The fraction of sp³-hybridized carbons (Fsp3) is 0.375. The third-order valence-corrected chi connectivity index (χ3v) is 4.62. The van der Waals surface area contributed by atoms with Crippen molar-refractivity contribution in [1.29, 1.82) is 0 Å². The first-order chi connectivity index (χ1) is 10.6. The number of hydrogen-bond donors (Lipinski definition) is 2. The van der Waals surface area contributed by atoms with Crippen LogP contribution in [0.2, 0.25) is 0 Å². The molecule has 5 nitrogen and oxygen atoms in total. The number of benzene rings is 1. The summed E-state index contributed by atoms with van der Waals surface area (Å²) in [7, 11) is 0. The Balaban J connectivity index is 1.63. The Labute approximate surface area is 133 Å². The fourth-order valence-corrected chi connectivity index (χ4v) is 2.94. The Morgan fingerprint density at radius 3 is 2.55 bits per heavy atom. The molecule has 3 rings (SSSR count). The third-order valence-electron chi connectivity index (χ3n) is 3.49.